The Kier molecular flexibility index (Phi) is 3.92. The third-order valence-corrected chi connectivity index (χ3v) is 4.08. The number of hydrogen-bond acceptors (Lipinski definition) is 3. The summed E-state index contributed by atoms with van der Waals surface area (Å²) in [5, 5.41) is 10.9. The Labute approximate surface area is 141 Å². The molecule has 0 aliphatic heterocycles. The molecule has 0 saturated carbocycles. The lowest BCUT2D eigenvalue weighted by atomic mass is 10.1. The lowest BCUT2D eigenvalue weighted by molar-refractivity contribution is 0.100. The van der Waals surface area contributed by atoms with Crippen LogP contribution in [0.4, 0.5) is 5.69 Å². The number of aliphatic imine (C=N–C) groups is 1. The number of amides is 1. The van der Waals surface area contributed by atoms with E-state index in [0.29, 0.717) is 27.7 Å². The number of benzene rings is 2. The minimum atomic E-state index is -0.513. The molecule has 23 heavy (non-hydrogen) atoms. The van der Waals surface area contributed by atoms with Crippen LogP contribution in [0.15, 0.2) is 51.9 Å². The maximum Gasteiger partial charge on any atom is 0.248 e. The molecule has 2 aromatic carbocycles. The second kappa shape index (κ2) is 5.89. The normalized spacial score (nSPS) is 11.8. The van der Waals surface area contributed by atoms with Gasteiger partial charge in [-0.15, -0.1) is 0 Å². The van der Waals surface area contributed by atoms with Gasteiger partial charge in [0.1, 0.15) is 0 Å². The van der Waals surface area contributed by atoms with Crippen molar-refractivity contribution in [3.8, 4) is 5.88 Å². The maximum absolute atomic E-state index is 11.4. The van der Waals surface area contributed by atoms with Gasteiger partial charge in [0.05, 0.1) is 17.0 Å². The molecule has 116 valence electrons. The molecule has 1 aromatic heterocycles. The van der Waals surface area contributed by atoms with Crippen molar-refractivity contribution in [1.82, 2.24) is 4.98 Å². The zero-order valence-electron chi connectivity index (χ0n) is 12.3. The van der Waals surface area contributed by atoms with Crippen LogP contribution in [0.5, 0.6) is 5.88 Å². The molecule has 0 aliphatic rings. The van der Waals surface area contributed by atoms with Crippen LogP contribution in [0, 0.1) is 0 Å². The Morgan fingerprint density at radius 1 is 1.22 bits per heavy atom. The average molecular weight is 372 g/mol. The number of aromatic hydroxyl groups is 1. The van der Waals surface area contributed by atoms with Gasteiger partial charge in [-0.2, -0.15) is 0 Å². The smallest absolute Gasteiger partial charge is 0.248 e. The van der Waals surface area contributed by atoms with Gasteiger partial charge in [-0.1, -0.05) is 15.9 Å². The van der Waals surface area contributed by atoms with Gasteiger partial charge < -0.3 is 15.8 Å². The third-order valence-electron chi connectivity index (χ3n) is 3.55. The first-order valence-electron chi connectivity index (χ1n) is 6.91. The number of halogens is 1. The predicted molar refractivity (Wildman–Crippen MR) is 94.5 cm³/mol. The Morgan fingerprint density at radius 2 is 1.91 bits per heavy atom. The first kappa shape index (κ1) is 15.3. The summed E-state index contributed by atoms with van der Waals surface area (Å²) >= 11 is 3.38. The molecule has 0 radical (unpaired) electrons. The number of primary amides is 1. The molecule has 0 fully saturated rings. The molecule has 0 spiro atoms. The van der Waals surface area contributed by atoms with Gasteiger partial charge >= 0.3 is 0 Å². The summed E-state index contributed by atoms with van der Waals surface area (Å²) in [5.41, 5.74) is 8.40. The van der Waals surface area contributed by atoms with Crippen LogP contribution < -0.4 is 5.73 Å². The van der Waals surface area contributed by atoms with E-state index >= 15 is 0 Å². The summed E-state index contributed by atoms with van der Waals surface area (Å²) in [6.07, 6.45) is 0. The van der Waals surface area contributed by atoms with Gasteiger partial charge in [0.25, 0.3) is 0 Å². The standard InChI is InChI=1S/C17H14BrN3O2/c1-9(20-12-5-3-11(18)4-6-12)15-13-8-10(16(19)22)2-7-14(13)21-17(15)23/h2-8,21,23H,1H3,(H2,19,22). The summed E-state index contributed by atoms with van der Waals surface area (Å²) in [4.78, 5) is 18.8. The maximum atomic E-state index is 11.4. The van der Waals surface area contributed by atoms with Crippen LogP contribution in [-0.4, -0.2) is 21.7 Å². The molecule has 5 nitrogen and oxygen atoms in total. The van der Waals surface area contributed by atoms with E-state index in [1.165, 1.54) is 0 Å². The molecule has 0 bridgehead atoms. The fourth-order valence-corrected chi connectivity index (χ4v) is 2.73. The number of carbonyl (C=O) groups is 1. The van der Waals surface area contributed by atoms with Crippen LogP contribution in [0.3, 0.4) is 0 Å². The first-order valence-corrected chi connectivity index (χ1v) is 7.71. The van der Waals surface area contributed by atoms with E-state index in [1.807, 2.05) is 24.3 Å². The lowest BCUT2D eigenvalue weighted by Crippen LogP contribution is -2.10. The summed E-state index contributed by atoms with van der Waals surface area (Å²) in [7, 11) is 0. The molecule has 4 N–H and O–H groups in total. The molecule has 1 heterocycles. The highest BCUT2D eigenvalue weighted by Crippen LogP contribution is 2.30. The quantitative estimate of drug-likeness (QED) is 0.609. The number of hydrogen-bond donors (Lipinski definition) is 3. The largest absolute Gasteiger partial charge is 0.494 e. The molecule has 0 aliphatic carbocycles. The second-order valence-corrected chi connectivity index (χ2v) is 6.06. The number of nitrogens with zero attached hydrogens (tertiary/aromatic N) is 1. The SMILES string of the molecule is CC(=Nc1ccc(Br)cc1)c1c(O)[nH]c2ccc(C(N)=O)cc12. The highest BCUT2D eigenvalue weighted by atomic mass is 79.9. The van der Waals surface area contributed by atoms with Gasteiger partial charge in [0.2, 0.25) is 5.91 Å². The average Bonchev–Trinajstić information content (AvgIpc) is 2.84. The van der Waals surface area contributed by atoms with Crippen molar-refractivity contribution in [2.45, 2.75) is 6.92 Å². The van der Waals surface area contributed by atoms with Crippen molar-refractivity contribution in [3.63, 3.8) is 0 Å². The number of aromatic nitrogens is 1. The number of carbonyl (C=O) groups excluding carboxylic acids is 1. The number of rotatable bonds is 3. The Morgan fingerprint density at radius 3 is 2.57 bits per heavy atom. The third kappa shape index (κ3) is 2.98. The fourth-order valence-electron chi connectivity index (χ4n) is 2.46. The van der Waals surface area contributed by atoms with E-state index < -0.39 is 5.91 Å². The van der Waals surface area contributed by atoms with Crippen LogP contribution in [0.1, 0.15) is 22.8 Å². The number of fused-ring (bicyclic) bond motifs is 1. The molecule has 0 atom stereocenters. The van der Waals surface area contributed by atoms with Crippen LogP contribution in [0.25, 0.3) is 10.9 Å². The molecule has 1 amide bonds. The van der Waals surface area contributed by atoms with Gasteiger partial charge in [-0.3, -0.25) is 9.79 Å². The van der Waals surface area contributed by atoms with Crippen molar-refractivity contribution >= 4 is 44.1 Å². The highest BCUT2D eigenvalue weighted by molar-refractivity contribution is 9.10. The van der Waals surface area contributed by atoms with E-state index in [1.54, 1.807) is 25.1 Å². The van der Waals surface area contributed by atoms with Crippen LogP contribution in [-0.2, 0) is 0 Å². The summed E-state index contributed by atoms with van der Waals surface area (Å²) < 4.78 is 0.968. The molecule has 3 aromatic rings. The van der Waals surface area contributed by atoms with Gasteiger partial charge in [0, 0.05) is 20.9 Å². The number of H-pyrrole nitrogens is 1. The predicted octanol–water partition coefficient (Wildman–Crippen LogP) is 3.88. The van der Waals surface area contributed by atoms with E-state index in [4.69, 9.17) is 5.73 Å². The van der Waals surface area contributed by atoms with Crippen LogP contribution in [0.2, 0.25) is 0 Å². The van der Waals surface area contributed by atoms with Crippen molar-refractivity contribution < 1.29 is 9.90 Å². The van der Waals surface area contributed by atoms with Crippen molar-refractivity contribution in [1.29, 1.82) is 0 Å². The second-order valence-electron chi connectivity index (χ2n) is 5.15. The Hall–Kier alpha value is -2.60. The molecule has 6 heteroatoms. The molecule has 3 rings (SSSR count). The van der Waals surface area contributed by atoms with Gasteiger partial charge in [0.15, 0.2) is 5.88 Å². The molecular formula is C17H14BrN3O2. The number of nitrogens with one attached hydrogen (secondary N) is 1. The van der Waals surface area contributed by atoms with Crippen molar-refractivity contribution in [3.05, 3.63) is 58.1 Å². The first-order chi connectivity index (χ1) is 11.0. The number of nitrogens with two attached hydrogens (primary N) is 1. The monoisotopic (exact) mass is 371 g/mol. The lowest BCUT2D eigenvalue weighted by Gasteiger charge is -2.02. The minimum Gasteiger partial charge on any atom is -0.494 e. The van der Waals surface area contributed by atoms with E-state index in [9.17, 15) is 9.90 Å². The van der Waals surface area contributed by atoms with E-state index in [-0.39, 0.29) is 5.88 Å². The molecule has 0 unspecified atom stereocenters. The molecular weight excluding hydrogens is 358 g/mol. The number of aromatic amines is 1. The van der Waals surface area contributed by atoms with Crippen molar-refractivity contribution in [2.24, 2.45) is 10.7 Å². The minimum absolute atomic E-state index is 0.0139. The van der Waals surface area contributed by atoms with Gasteiger partial charge in [-0.05, 0) is 49.4 Å². The summed E-state index contributed by atoms with van der Waals surface area (Å²) in [5.74, 6) is -0.499. The molecule has 0 saturated heterocycles. The summed E-state index contributed by atoms with van der Waals surface area (Å²) in [6, 6.07) is 12.5. The zero-order chi connectivity index (χ0) is 16.6. The Balaban J connectivity index is 2.14. The Bertz CT molecular complexity index is 927. The fraction of sp³-hybridized carbons (Fsp3) is 0.0588. The van der Waals surface area contributed by atoms with Crippen molar-refractivity contribution in [2.75, 3.05) is 0 Å². The topological polar surface area (TPSA) is 91.5 Å². The highest BCUT2D eigenvalue weighted by Gasteiger charge is 2.15. The van der Waals surface area contributed by atoms with E-state index in [0.717, 1.165) is 10.2 Å². The van der Waals surface area contributed by atoms with Gasteiger partial charge in [-0.25, -0.2) is 0 Å². The summed E-state index contributed by atoms with van der Waals surface area (Å²) in [6.45, 7) is 1.81. The van der Waals surface area contributed by atoms with E-state index in [2.05, 4.69) is 25.9 Å². The zero-order valence-corrected chi connectivity index (χ0v) is 13.9. The van der Waals surface area contributed by atoms with Crippen LogP contribution >= 0.6 is 15.9 Å².